The quantitative estimate of drug-likeness (QED) is 0.609. The minimum absolute atomic E-state index is 0.0106. The van der Waals surface area contributed by atoms with Crippen LogP contribution in [0.25, 0.3) is 0 Å². The molecule has 0 aromatic heterocycles. The fourth-order valence-electron chi connectivity index (χ4n) is 7.38. The minimum Gasteiger partial charge on any atom is -0.469 e. The average Bonchev–Trinajstić information content (AvgIpc) is 3.26. The Morgan fingerprint density at radius 3 is 2.56 bits per heavy atom. The first kappa shape index (κ1) is 17.8. The van der Waals surface area contributed by atoms with Crippen LogP contribution in [0.15, 0.2) is 0 Å². The van der Waals surface area contributed by atoms with Crippen molar-refractivity contribution in [1.29, 1.82) is 0 Å². The summed E-state index contributed by atoms with van der Waals surface area (Å²) in [6.07, 6.45) is 6.73. The number of epoxide rings is 1. The highest BCUT2D eigenvalue weighted by Gasteiger charge is 2.72. The Morgan fingerprint density at radius 1 is 1.20 bits per heavy atom. The third-order valence-corrected chi connectivity index (χ3v) is 8.80. The molecule has 4 aliphatic rings. The number of ether oxygens (including phenoxy) is 2. The van der Waals surface area contributed by atoms with E-state index in [-0.39, 0.29) is 28.8 Å². The van der Waals surface area contributed by atoms with Gasteiger partial charge in [0.05, 0.1) is 29.8 Å². The van der Waals surface area contributed by atoms with Gasteiger partial charge in [0.25, 0.3) is 0 Å². The van der Waals surface area contributed by atoms with Crippen LogP contribution in [-0.4, -0.2) is 35.5 Å². The molecular weight excluding hydrogens is 316 g/mol. The van der Waals surface area contributed by atoms with Crippen molar-refractivity contribution >= 4 is 5.97 Å². The molecule has 7 atom stereocenters. The van der Waals surface area contributed by atoms with Gasteiger partial charge in [-0.1, -0.05) is 27.2 Å². The zero-order chi connectivity index (χ0) is 18.3. The number of esters is 1. The molecule has 1 aliphatic heterocycles. The van der Waals surface area contributed by atoms with E-state index >= 15 is 0 Å². The number of aliphatic hydroxyl groups is 1. The summed E-state index contributed by atoms with van der Waals surface area (Å²) < 4.78 is 11.4. The summed E-state index contributed by atoms with van der Waals surface area (Å²) in [4.78, 5) is 12.6. The third kappa shape index (κ3) is 2.16. The Labute approximate surface area is 151 Å². The zero-order valence-corrected chi connectivity index (χ0v) is 16.4. The zero-order valence-electron chi connectivity index (χ0n) is 16.4. The van der Waals surface area contributed by atoms with E-state index < -0.39 is 11.0 Å². The molecule has 1 heterocycles. The number of hydrogen-bond acceptors (Lipinski definition) is 4. The number of rotatable bonds is 2. The molecule has 0 radical (unpaired) electrons. The molecule has 0 aromatic carbocycles. The van der Waals surface area contributed by atoms with E-state index in [2.05, 4.69) is 27.7 Å². The Kier molecular flexibility index (Phi) is 3.71. The number of hydrogen-bond donors (Lipinski definition) is 1. The fourth-order valence-corrected chi connectivity index (χ4v) is 7.38. The van der Waals surface area contributed by atoms with Gasteiger partial charge in [-0.15, -0.1) is 0 Å². The van der Waals surface area contributed by atoms with Crippen LogP contribution in [0.2, 0.25) is 0 Å². The Bertz CT molecular complexity index is 588. The van der Waals surface area contributed by atoms with E-state index in [0.29, 0.717) is 12.0 Å². The van der Waals surface area contributed by atoms with Crippen LogP contribution in [0.5, 0.6) is 0 Å². The number of methoxy groups -OCH3 is 1. The molecule has 3 aliphatic carbocycles. The van der Waals surface area contributed by atoms with Gasteiger partial charge in [-0.2, -0.15) is 0 Å². The molecule has 3 saturated carbocycles. The monoisotopic (exact) mass is 350 g/mol. The first-order valence-electron chi connectivity index (χ1n) is 10.1. The van der Waals surface area contributed by atoms with Gasteiger partial charge in [0.1, 0.15) is 0 Å². The van der Waals surface area contributed by atoms with E-state index in [9.17, 15) is 9.90 Å². The lowest BCUT2D eigenvalue weighted by molar-refractivity contribution is -0.205. The molecule has 4 heteroatoms. The van der Waals surface area contributed by atoms with Gasteiger partial charge < -0.3 is 14.6 Å². The van der Waals surface area contributed by atoms with Crippen LogP contribution >= 0.6 is 0 Å². The predicted octanol–water partition coefficient (Wildman–Crippen LogP) is 3.70. The maximum atomic E-state index is 12.6. The smallest absolute Gasteiger partial charge is 0.311 e. The number of carbonyl (C=O) groups excluding carboxylic acids is 1. The van der Waals surface area contributed by atoms with Crippen molar-refractivity contribution in [3.05, 3.63) is 0 Å². The highest BCUT2D eigenvalue weighted by Crippen LogP contribution is 2.69. The van der Waals surface area contributed by atoms with Crippen molar-refractivity contribution in [1.82, 2.24) is 0 Å². The molecule has 0 amide bonds. The Hall–Kier alpha value is -0.610. The topological polar surface area (TPSA) is 59.1 Å². The van der Waals surface area contributed by atoms with Crippen molar-refractivity contribution in [2.75, 3.05) is 7.11 Å². The lowest BCUT2D eigenvalue weighted by Crippen LogP contribution is -2.63. The summed E-state index contributed by atoms with van der Waals surface area (Å²) in [5.41, 5.74) is -1.17. The van der Waals surface area contributed by atoms with Crippen LogP contribution in [0.4, 0.5) is 0 Å². The second kappa shape index (κ2) is 5.22. The molecule has 1 N–H and O–H groups in total. The highest BCUT2D eigenvalue weighted by atomic mass is 16.6. The van der Waals surface area contributed by atoms with Crippen molar-refractivity contribution < 1.29 is 19.4 Å². The third-order valence-electron chi connectivity index (χ3n) is 8.80. The Morgan fingerprint density at radius 2 is 1.92 bits per heavy atom. The molecule has 4 fully saturated rings. The number of carbonyl (C=O) groups is 1. The van der Waals surface area contributed by atoms with E-state index in [4.69, 9.17) is 9.47 Å². The largest absolute Gasteiger partial charge is 0.469 e. The van der Waals surface area contributed by atoms with Gasteiger partial charge in [-0.25, -0.2) is 0 Å². The molecule has 4 rings (SSSR count). The fraction of sp³-hybridized carbons (Fsp3) is 0.952. The van der Waals surface area contributed by atoms with Crippen molar-refractivity contribution in [3.8, 4) is 0 Å². The van der Waals surface area contributed by atoms with E-state index in [1.807, 2.05) is 0 Å². The van der Waals surface area contributed by atoms with Crippen molar-refractivity contribution in [3.63, 3.8) is 0 Å². The van der Waals surface area contributed by atoms with Gasteiger partial charge in [0.15, 0.2) is 0 Å². The molecule has 1 saturated heterocycles. The minimum atomic E-state index is -0.642. The van der Waals surface area contributed by atoms with Crippen LogP contribution in [0.1, 0.15) is 72.6 Å². The summed E-state index contributed by atoms with van der Waals surface area (Å²) in [5, 5.41) is 11.7. The molecule has 4 nitrogen and oxygen atoms in total. The molecule has 0 aromatic rings. The molecule has 0 spiro atoms. The second-order valence-corrected chi connectivity index (χ2v) is 10.1. The molecule has 25 heavy (non-hydrogen) atoms. The van der Waals surface area contributed by atoms with Crippen LogP contribution < -0.4 is 0 Å². The molecule has 142 valence electrons. The van der Waals surface area contributed by atoms with Crippen LogP contribution in [0, 0.1) is 28.6 Å². The standard InChI is InChI=1S/C21H34O4/c1-13(2)21-12-20(23)10-7-14-18(3,15(20)11-16(21)25-21)8-6-9-19(14,4)17(22)24-5/h13-16,23H,6-12H2,1-5H3/t14-,15+,16+,18+,19-,20-,21+/m1/s1. The number of fused-ring (bicyclic) bond motifs is 4. The van der Waals surface area contributed by atoms with Gasteiger partial charge >= 0.3 is 5.97 Å². The first-order valence-corrected chi connectivity index (χ1v) is 10.1. The normalized spacial score (nSPS) is 54.3. The molecular formula is C21H34O4. The lowest BCUT2D eigenvalue weighted by atomic mass is 9.42. The molecule has 0 unspecified atom stereocenters. The maximum Gasteiger partial charge on any atom is 0.311 e. The Balaban J connectivity index is 1.68. The van der Waals surface area contributed by atoms with E-state index in [1.165, 1.54) is 7.11 Å². The summed E-state index contributed by atoms with van der Waals surface area (Å²) in [7, 11) is 1.51. The van der Waals surface area contributed by atoms with E-state index in [1.54, 1.807) is 0 Å². The molecule has 0 bridgehead atoms. The summed E-state index contributed by atoms with van der Waals surface area (Å²) >= 11 is 0. The van der Waals surface area contributed by atoms with Crippen molar-refractivity contribution in [2.24, 2.45) is 28.6 Å². The van der Waals surface area contributed by atoms with E-state index in [0.717, 1.165) is 44.9 Å². The SMILES string of the molecule is COC(=O)[C@]1(C)CCC[C@]2(C)[C@@H]3C[C@@H]4O[C@]4(C(C)C)C[C@]3(O)CC[C@H]21. The van der Waals surface area contributed by atoms with Gasteiger partial charge in [-0.05, 0) is 62.2 Å². The summed E-state index contributed by atoms with van der Waals surface area (Å²) in [6, 6.07) is 0. The van der Waals surface area contributed by atoms with Crippen LogP contribution in [-0.2, 0) is 14.3 Å². The predicted molar refractivity (Wildman–Crippen MR) is 94.9 cm³/mol. The average molecular weight is 350 g/mol. The van der Waals surface area contributed by atoms with Gasteiger partial charge in [-0.3, -0.25) is 4.79 Å². The first-order chi connectivity index (χ1) is 11.6. The van der Waals surface area contributed by atoms with Gasteiger partial charge in [0.2, 0.25) is 0 Å². The van der Waals surface area contributed by atoms with Crippen LogP contribution in [0.3, 0.4) is 0 Å². The van der Waals surface area contributed by atoms with Crippen molar-refractivity contribution in [2.45, 2.75) is 89.9 Å². The summed E-state index contributed by atoms with van der Waals surface area (Å²) in [6.45, 7) is 8.86. The summed E-state index contributed by atoms with van der Waals surface area (Å²) in [5.74, 6) is 0.891. The lowest BCUT2D eigenvalue weighted by Gasteiger charge is -2.62. The highest BCUT2D eigenvalue weighted by molar-refractivity contribution is 5.77. The van der Waals surface area contributed by atoms with Gasteiger partial charge in [0, 0.05) is 6.42 Å². The second-order valence-electron chi connectivity index (χ2n) is 10.1. The maximum absolute atomic E-state index is 12.6.